The summed E-state index contributed by atoms with van der Waals surface area (Å²) < 4.78 is 13.5. The molecule has 0 nitrogen and oxygen atoms in total. The van der Waals surface area contributed by atoms with Crippen LogP contribution in [0.5, 0.6) is 0 Å². The smallest absolute Gasteiger partial charge is 0.126 e. The van der Waals surface area contributed by atoms with Crippen molar-refractivity contribution >= 4 is 23.2 Å². The Balaban J connectivity index is 1.90. The molecule has 1 saturated carbocycles. The molecule has 17 heavy (non-hydrogen) atoms. The molecule has 1 unspecified atom stereocenters. The van der Waals surface area contributed by atoms with Gasteiger partial charge in [-0.2, -0.15) is 0 Å². The van der Waals surface area contributed by atoms with Gasteiger partial charge in [-0.1, -0.05) is 24.4 Å². The van der Waals surface area contributed by atoms with E-state index in [1.165, 1.54) is 31.7 Å². The molecule has 94 valence electrons. The Morgan fingerprint density at radius 2 is 2.00 bits per heavy atom. The lowest BCUT2D eigenvalue weighted by molar-refractivity contribution is 0.488. The molecule has 1 aliphatic carbocycles. The largest absolute Gasteiger partial charge is 0.207 e. The normalized spacial score (nSPS) is 18.5. The van der Waals surface area contributed by atoms with E-state index in [4.69, 9.17) is 23.2 Å². The third kappa shape index (κ3) is 3.59. The molecule has 0 spiro atoms. The van der Waals surface area contributed by atoms with E-state index < -0.39 is 0 Å². The van der Waals surface area contributed by atoms with Crippen molar-refractivity contribution in [2.45, 2.75) is 43.9 Å². The third-order valence-electron chi connectivity index (χ3n) is 3.61. The van der Waals surface area contributed by atoms with Crippen LogP contribution in [0.4, 0.5) is 4.39 Å². The molecule has 1 atom stereocenters. The fraction of sp³-hybridized carbons (Fsp3) is 0.571. The first-order valence-corrected chi connectivity index (χ1v) is 7.06. The zero-order chi connectivity index (χ0) is 12.3. The highest BCUT2D eigenvalue weighted by Crippen LogP contribution is 2.32. The lowest BCUT2D eigenvalue weighted by atomic mass is 9.97. The number of benzene rings is 1. The number of aryl methyl sites for hydroxylation is 1. The van der Waals surface area contributed by atoms with E-state index in [0.29, 0.717) is 22.9 Å². The van der Waals surface area contributed by atoms with Crippen molar-refractivity contribution in [3.05, 3.63) is 34.6 Å². The standard InChI is InChI=1S/C14H17Cl2F/c15-12-6-8-14(17)11(9-12)5-7-13(16)10-3-1-2-4-10/h6,8-10,13H,1-5,7H2. The number of hydrogen-bond donors (Lipinski definition) is 0. The van der Waals surface area contributed by atoms with Crippen molar-refractivity contribution in [2.75, 3.05) is 0 Å². The molecule has 0 aromatic heterocycles. The van der Waals surface area contributed by atoms with E-state index in [-0.39, 0.29) is 11.2 Å². The zero-order valence-corrected chi connectivity index (χ0v) is 11.3. The molecule has 0 saturated heterocycles. The first-order valence-electron chi connectivity index (χ1n) is 6.25. The van der Waals surface area contributed by atoms with Gasteiger partial charge in [0.25, 0.3) is 0 Å². The molecule has 0 amide bonds. The first kappa shape index (κ1) is 13.2. The Morgan fingerprint density at radius 3 is 2.71 bits per heavy atom. The Morgan fingerprint density at radius 1 is 1.29 bits per heavy atom. The molecule has 0 heterocycles. The summed E-state index contributed by atoms with van der Waals surface area (Å²) >= 11 is 12.2. The predicted molar refractivity (Wildman–Crippen MR) is 71.3 cm³/mol. The Bertz CT molecular complexity index is 372. The van der Waals surface area contributed by atoms with E-state index in [9.17, 15) is 4.39 Å². The van der Waals surface area contributed by atoms with Crippen molar-refractivity contribution in [1.82, 2.24) is 0 Å². The molecule has 1 aliphatic rings. The van der Waals surface area contributed by atoms with Crippen LogP contribution in [0.25, 0.3) is 0 Å². The van der Waals surface area contributed by atoms with Gasteiger partial charge in [0, 0.05) is 10.4 Å². The second-order valence-electron chi connectivity index (χ2n) is 4.83. The zero-order valence-electron chi connectivity index (χ0n) is 9.76. The lowest BCUT2D eigenvalue weighted by Gasteiger charge is -2.16. The van der Waals surface area contributed by atoms with Gasteiger partial charge in [0.1, 0.15) is 5.82 Å². The van der Waals surface area contributed by atoms with Crippen molar-refractivity contribution < 1.29 is 4.39 Å². The second-order valence-corrected chi connectivity index (χ2v) is 5.83. The van der Waals surface area contributed by atoms with Gasteiger partial charge < -0.3 is 0 Å². The highest BCUT2D eigenvalue weighted by Gasteiger charge is 2.23. The minimum absolute atomic E-state index is 0.176. The van der Waals surface area contributed by atoms with Gasteiger partial charge in [-0.05, 0) is 55.4 Å². The van der Waals surface area contributed by atoms with Crippen molar-refractivity contribution in [3.8, 4) is 0 Å². The van der Waals surface area contributed by atoms with Crippen molar-refractivity contribution in [2.24, 2.45) is 5.92 Å². The summed E-state index contributed by atoms with van der Waals surface area (Å²) in [6.45, 7) is 0. The number of hydrogen-bond acceptors (Lipinski definition) is 0. The second kappa shape index (κ2) is 6.06. The monoisotopic (exact) mass is 274 g/mol. The first-order chi connectivity index (χ1) is 8.16. The highest BCUT2D eigenvalue weighted by molar-refractivity contribution is 6.30. The average molecular weight is 275 g/mol. The third-order valence-corrected chi connectivity index (χ3v) is 4.42. The summed E-state index contributed by atoms with van der Waals surface area (Å²) in [5.74, 6) is 0.448. The predicted octanol–water partition coefficient (Wildman–Crippen LogP) is 5.21. The minimum atomic E-state index is -0.176. The molecular weight excluding hydrogens is 258 g/mol. The summed E-state index contributed by atoms with van der Waals surface area (Å²) in [7, 11) is 0. The quantitative estimate of drug-likeness (QED) is 0.662. The number of rotatable bonds is 4. The van der Waals surface area contributed by atoms with Crippen LogP contribution in [-0.4, -0.2) is 5.38 Å². The molecular formula is C14H17Cl2F. The molecule has 3 heteroatoms. The molecule has 0 N–H and O–H groups in total. The van der Waals surface area contributed by atoms with Gasteiger partial charge >= 0.3 is 0 Å². The van der Waals surface area contributed by atoms with Crippen LogP contribution in [0.1, 0.15) is 37.7 Å². The maximum absolute atomic E-state index is 13.5. The average Bonchev–Trinajstić information content (AvgIpc) is 2.83. The van der Waals surface area contributed by atoms with Crippen molar-refractivity contribution in [3.63, 3.8) is 0 Å². The van der Waals surface area contributed by atoms with Gasteiger partial charge in [-0.15, -0.1) is 11.6 Å². The maximum atomic E-state index is 13.5. The van der Waals surface area contributed by atoms with Crippen LogP contribution >= 0.6 is 23.2 Å². The van der Waals surface area contributed by atoms with Crippen LogP contribution in [-0.2, 0) is 6.42 Å². The lowest BCUT2D eigenvalue weighted by Crippen LogP contribution is -2.12. The summed E-state index contributed by atoms with van der Waals surface area (Å²) in [6.07, 6.45) is 6.55. The Hall–Kier alpha value is -0.270. The van der Waals surface area contributed by atoms with E-state index in [1.807, 2.05) is 0 Å². The number of halogens is 3. The Labute approximate surface area is 112 Å². The molecule has 2 rings (SSSR count). The fourth-order valence-corrected chi connectivity index (χ4v) is 3.14. The highest BCUT2D eigenvalue weighted by atomic mass is 35.5. The van der Waals surface area contributed by atoms with E-state index in [1.54, 1.807) is 12.1 Å². The van der Waals surface area contributed by atoms with Gasteiger partial charge in [0.05, 0.1) is 0 Å². The summed E-state index contributed by atoms with van der Waals surface area (Å²) in [5.41, 5.74) is 0.682. The van der Waals surface area contributed by atoms with Crippen molar-refractivity contribution in [1.29, 1.82) is 0 Å². The topological polar surface area (TPSA) is 0 Å². The number of alkyl halides is 1. The summed E-state index contributed by atoms with van der Waals surface area (Å²) in [5, 5.41) is 0.768. The minimum Gasteiger partial charge on any atom is -0.207 e. The van der Waals surface area contributed by atoms with Crippen LogP contribution in [0.15, 0.2) is 18.2 Å². The van der Waals surface area contributed by atoms with Crippen LogP contribution in [0.3, 0.4) is 0 Å². The molecule has 1 fully saturated rings. The Kier molecular flexibility index (Phi) is 4.69. The SMILES string of the molecule is Fc1ccc(Cl)cc1CCC(Cl)C1CCCC1. The molecule has 1 aromatic rings. The van der Waals surface area contributed by atoms with Gasteiger partial charge in [0.15, 0.2) is 0 Å². The molecule has 1 aromatic carbocycles. The van der Waals surface area contributed by atoms with E-state index in [0.717, 1.165) is 6.42 Å². The van der Waals surface area contributed by atoms with Crippen LogP contribution < -0.4 is 0 Å². The fourth-order valence-electron chi connectivity index (χ4n) is 2.58. The van der Waals surface area contributed by atoms with Crippen LogP contribution in [0.2, 0.25) is 5.02 Å². The maximum Gasteiger partial charge on any atom is 0.126 e. The van der Waals surface area contributed by atoms with Gasteiger partial charge in [-0.3, -0.25) is 0 Å². The molecule has 0 bridgehead atoms. The van der Waals surface area contributed by atoms with Gasteiger partial charge in [0.2, 0.25) is 0 Å². The summed E-state index contributed by atoms with van der Waals surface area (Å²) in [4.78, 5) is 0. The van der Waals surface area contributed by atoms with E-state index >= 15 is 0 Å². The van der Waals surface area contributed by atoms with Gasteiger partial charge in [-0.25, -0.2) is 4.39 Å². The van der Waals surface area contributed by atoms with E-state index in [2.05, 4.69) is 0 Å². The molecule has 0 aliphatic heterocycles. The summed E-state index contributed by atoms with van der Waals surface area (Å²) in [6, 6.07) is 4.71. The molecule has 0 radical (unpaired) electrons. The van der Waals surface area contributed by atoms with Crippen LogP contribution in [0, 0.1) is 11.7 Å².